The average Bonchev–Trinajstić information content (AvgIpc) is 3.30. The van der Waals surface area contributed by atoms with Gasteiger partial charge in [-0.05, 0) is 43.1 Å². The van der Waals surface area contributed by atoms with Crippen LogP contribution >= 0.6 is 0 Å². The number of carbonyl (C=O) groups excluding carboxylic acids is 1. The summed E-state index contributed by atoms with van der Waals surface area (Å²) < 4.78 is 5.34. The summed E-state index contributed by atoms with van der Waals surface area (Å²) in [5.41, 5.74) is 2.41. The normalized spacial score (nSPS) is 16.9. The molecule has 2 N–H and O–H groups in total. The number of hydrogen-bond acceptors (Lipinski definition) is 4. The number of anilines is 1. The predicted octanol–water partition coefficient (Wildman–Crippen LogP) is 3.90. The Morgan fingerprint density at radius 3 is 2.61 bits per heavy atom. The van der Waals surface area contributed by atoms with Crippen LogP contribution < -0.4 is 20.3 Å². The first-order valence-electron chi connectivity index (χ1n) is 11.3. The SMILES string of the molecule is CCN(CC)C(CNC(=O)NCC1CCN(c2cccc(OC)c2)C1)c1ccccc1. The number of ether oxygens (including phenoxy) is 1. The minimum absolute atomic E-state index is 0.0899. The Labute approximate surface area is 186 Å². The van der Waals surface area contributed by atoms with E-state index in [0.29, 0.717) is 19.0 Å². The number of amides is 2. The number of carbonyl (C=O) groups is 1. The van der Waals surface area contributed by atoms with E-state index in [1.54, 1.807) is 7.11 Å². The zero-order valence-electron chi connectivity index (χ0n) is 19.0. The van der Waals surface area contributed by atoms with Crippen LogP contribution in [0.15, 0.2) is 54.6 Å². The van der Waals surface area contributed by atoms with Gasteiger partial charge in [-0.15, -0.1) is 0 Å². The molecule has 0 radical (unpaired) electrons. The number of hydrogen-bond donors (Lipinski definition) is 2. The van der Waals surface area contributed by atoms with E-state index < -0.39 is 0 Å². The molecule has 2 unspecified atom stereocenters. The fraction of sp³-hybridized carbons (Fsp3) is 0.480. The first-order chi connectivity index (χ1) is 15.1. The zero-order chi connectivity index (χ0) is 22.1. The number of likely N-dealkylation sites (N-methyl/N-ethyl adjacent to an activating group) is 1. The van der Waals surface area contributed by atoms with E-state index in [2.05, 4.69) is 70.7 Å². The third kappa shape index (κ3) is 6.37. The van der Waals surface area contributed by atoms with Crippen molar-refractivity contribution in [3.8, 4) is 5.75 Å². The highest BCUT2D eigenvalue weighted by molar-refractivity contribution is 5.73. The van der Waals surface area contributed by atoms with Gasteiger partial charge in [0.1, 0.15) is 5.75 Å². The van der Waals surface area contributed by atoms with Crippen molar-refractivity contribution < 1.29 is 9.53 Å². The fourth-order valence-corrected chi connectivity index (χ4v) is 4.33. The van der Waals surface area contributed by atoms with Crippen LogP contribution in [0.1, 0.15) is 31.9 Å². The van der Waals surface area contributed by atoms with Gasteiger partial charge in [0.25, 0.3) is 0 Å². The van der Waals surface area contributed by atoms with Gasteiger partial charge in [0.2, 0.25) is 0 Å². The Bertz CT molecular complexity index is 810. The van der Waals surface area contributed by atoms with Gasteiger partial charge in [0, 0.05) is 37.9 Å². The number of nitrogens with one attached hydrogen (secondary N) is 2. The minimum atomic E-state index is -0.0899. The summed E-state index contributed by atoms with van der Waals surface area (Å²) in [5, 5.41) is 6.17. The lowest BCUT2D eigenvalue weighted by molar-refractivity contribution is 0.205. The van der Waals surface area contributed by atoms with E-state index in [4.69, 9.17) is 4.74 Å². The summed E-state index contributed by atoms with van der Waals surface area (Å²) >= 11 is 0. The van der Waals surface area contributed by atoms with Gasteiger partial charge in [-0.2, -0.15) is 0 Å². The lowest BCUT2D eigenvalue weighted by atomic mass is 10.1. The Hall–Kier alpha value is -2.73. The second kappa shape index (κ2) is 11.6. The number of methoxy groups -OCH3 is 1. The molecule has 2 aromatic carbocycles. The molecule has 2 aromatic rings. The van der Waals surface area contributed by atoms with E-state index in [-0.39, 0.29) is 12.1 Å². The third-order valence-electron chi connectivity index (χ3n) is 6.15. The first kappa shape index (κ1) is 22.9. The molecule has 0 saturated carbocycles. The molecule has 0 aliphatic carbocycles. The molecule has 0 aromatic heterocycles. The average molecular weight is 425 g/mol. The van der Waals surface area contributed by atoms with Crippen LogP contribution in [0.4, 0.5) is 10.5 Å². The maximum Gasteiger partial charge on any atom is 0.314 e. The standard InChI is InChI=1S/C25H36N4O2/c1-4-28(5-2)24(21-10-7-6-8-11-21)18-27-25(30)26-17-20-14-15-29(19-20)22-12-9-13-23(16-22)31-3/h6-13,16,20,24H,4-5,14-15,17-19H2,1-3H3,(H2,26,27,30). The topological polar surface area (TPSA) is 56.8 Å². The Balaban J connectivity index is 1.47. The molecule has 1 heterocycles. The molecular formula is C25H36N4O2. The van der Waals surface area contributed by atoms with Crippen LogP contribution in [-0.2, 0) is 0 Å². The maximum absolute atomic E-state index is 12.5. The van der Waals surface area contributed by atoms with E-state index in [0.717, 1.165) is 38.3 Å². The highest BCUT2D eigenvalue weighted by Gasteiger charge is 2.24. The Kier molecular flexibility index (Phi) is 8.59. The van der Waals surface area contributed by atoms with Gasteiger partial charge in [0.15, 0.2) is 0 Å². The van der Waals surface area contributed by atoms with Crippen LogP contribution in [0.5, 0.6) is 5.75 Å². The lowest BCUT2D eigenvalue weighted by Gasteiger charge is -2.30. The lowest BCUT2D eigenvalue weighted by Crippen LogP contribution is -2.43. The number of benzene rings is 2. The van der Waals surface area contributed by atoms with E-state index in [1.165, 1.54) is 11.3 Å². The van der Waals surface area contributed by atoms with Crippen LogP contribution in [0, 0.1) is 5.92 Å². The third-order valence-corrected chi connectivity index (χ3v) is 6.15. The van der Waals surface area contributed by atoms with Crippen molar-refractivity contribution in [1.29, 1.82) is 0 Å². The van der Waals surface area contributed by atoms with Crippen molar-refractivity contribution >= 4 is 11.7 Å². The van der Waals surface area contributed by atoms with Crippen molar-refractivity contribution in [2.45, 2.75) is 26.3 Å². The van der Waals surface area contributed by atoms with E-state index in [1.807, 2.05) is 18.2 Å². The second-order valence-corrected chi connectivity index (χ2v) is 8.04. The molecule has 0 bridgehead atoms. The van der Waals surface area contributed by atoms with Gasteiger partial charge in [-0.1, -0.05) is 50.2 Å². The van der Waals surface area contributed by atoms with Gasteiger partial charge in [-0.3, -0.25) is 4.90 Å². The van der Waals surface area contributed by atoms with Crippen molar-refractivity contribution in [3.63, 3.8) is 0 Å². The van der Waals surface area contributed by atoms with Crippen molar-refractivity contribution in [1.82, 2.24) is 15.5 Å². The number of nitrogens with zero attached hydrogens (tertiary/aromatic N) is 2. The van der Waals surface area contributed by atoms with Gasteiger partial charge in [-0.25, -0.2) is 4.79 Å². The molecule has 6 heteroatoms. The summed E-state index contributed by atoms with van der Waals surface area (Å²) in [7, 11) is 1.69. The quantitative estimate of drug-likeness (QED) is 0.607. The minimum Gasteiger partial charge on any atom is -0.497 e. The molecule has 0 spiro atoms. The molecule has 1 aliphatic heterocycles. The predicted molar refractivity (Wildman–Crippen MR) is 127 cm³/mol. The van der Waals surface area contributed by atoms with Crippen molar-refractivity contribution in [2.24, 2.45) is 5.92 Å². The maximum atomic E-state index is 12.5. The van der Waals surface area contributed by atoms with E-state index in [9.17, 15) is 4.79 Å². The fourth-order valence-electron chi connectivity index (χ4n) is 4.33. The summed E-state index contributed by atoms with van der Waals surface area (Å²) in [6, 6.07) is 18.7. The second-order valence-electron chi connectivity index (χ2n) is 8.04. The zero-order valence-corrected chi connectivity index (χ0v) is 19.0. The smallest absolute Gasteiger partial charge is 0.314 e. The summed E-state index contributed by atoms with van der Waals surface area (Å²) in [6.07, 6.45) is 1.07. The molecule has 2 amide bonds. The molecule has 1 fully saturated rings. The molecule has 6 nitrogen and oxygen atoms in total. The van der Waals surface area contributed by atoms with Crippen LogP contribution in [-0.4, -0.2) is 57.3 Å². The molecular weight excluding hydrogens is 388 g/mol. The van der Waals surface area contributed by atoms with Crippen molar-refractivity contribution in [3.05, 3.63) is 60.2 Å². The molecule has 3 rings (SSSR count). The van der Waals surface area contributed by atoms with Gasteiger partial charge >= 0.3 is 6.03 Å². The first-order valence-corrected chi connectivity index (χ1v) is 11.3. The van der Waals surface area contributed by atoms with Crippen LogP contribution in [0.3, 0.4) is 0 Å². The number of urea groups is 1. The largest absolute Gasteiger partial charge is 0.497 e. The molecule has 1 aliphatic rings. The van der Waals surface area contributed by atoms with Gasteiger partial charge in [0.05, 0.1) is 13.2 Å². The monoisotopic (exact) mass is 424 g/mol. The molecule has 168 valence electrons. The highest BCUT2D eigenvalue weighted by atomic mass is 16.5. The summed E-state index contributed by atoms with van der Waals surface area (Å²) in [6.45, 7) is 9.44. The summed E-state index contributed by atoms with van der Waals surface area (Å²) in [5.74, 6) is 1.32. The van der Waals surface area contributed by atoms with Crippen LogP contribution in [0.2, 0.25) is 0 Å². The van der Waals surface area contributed by atoms with Gasteiger partial charge < -0.3 is 20.3 Å². The number of rotatable bonds is 10. The highest BCUT2D eigenvalue weighted by Crippen LogP contribution is 2.26. The Morgan fingerprint density at radius 1 is 1.13 bits per heavy atom. The molecule has 2 atom stereocenters. The van der Waals surface area contributed by atoms with E-state index >= 15 is 0 Å². The van der Waals surface area contributed by atoms with Crippen LogP contribution in [0.25, 0.3) is 0 Å². The molecule has 31 heavy (non-hydrogen) atoms. The Morgan fingerprint density at radius 2 is 1.90 bits per heavy atom. The van der Waals surface area contributed by atoms with Crippen molar-refractivity contribution in [2.75, 3.05) is 51.3 Å². The molecule has 1 saturated heterocycles. The summed E-state index contributed by atoms with van der Waals surface area (Å²) in [4.78, 5) is 17.2.